The van der Waals surface area contributed by atoms with Crippen LogP contribution in [-0.2, 0) is 19.1 Å². The highest BCUT2D eigenvalue weighted by molar-refractivity contribution is 6.30. The second kappa shape index (κ2) is 4.37. The fourth-order valence-corrected chi connectivity index (χ4v) is 1.67. The Hall–Kier alpha value is -0.810. The summed E-state index contributed by atoms with van der Waals surface area (Å²) in [7, 11) is 0. The summed E-state index contributed by atoms with van der Waals surface area (Å²) < 4.78 is 9.93. The first-order valence-corrected chi connectivity index (χ1v) is 5.05. The Bertz CT molecular complexity index is 279. The number of esters is 1. The standard InChI is InChI=1S/C9H14ClNO4/c1-6(12)15-7(10)8(13)11-4-5-14-9(11,2)3/h7H,4-5H2,1-3H3. The molecule has 1 aliphatic rings. The molecular formula is C9H14ClNO4. The number of carbonyl (C=O) groups is 2. The monoisotopic (exact) mass is 235 g/mol. The molecule has 5 nitrogen and oxygen atoms in total. The van der Waals surface area contributed by atoms with Crippen LogP contribution in [0.5, 0.6) is 0 Å². The molecule has 1 heterocycles. The molecule has 0 saturated carbocycles. The summed E-state index contributed by atoms with van der Waals surface area (Å²) in [4.78, 5) is 23.8. The van der Waals surface area contributed by atoms with Gasteiger partial charge in [0.15, 0.2) is 0 Å². The number of carbonyl (C=O) groups excluding carboxylic acids is 2. The van der Waals surface area contributed by atoms with Crippen LogP contribution in [0.15, 0.2) is 0 Å². The molecule has 0 aromatic rings. The largest absolute Gasteiger partial charge is 0.436 e. The Balaban J connectivity index is 2.64. The summed E-state index contributed by atoms with van der Waals surface area (Å²) in [5.74, 6) is -1.03. The maximum atomic E-state index is 11.7. The van der Waals surface area contributed by atoms with Gasteiger partial charge in [0.1, 0.15) is 5.72 Å². The molecule has 0 spiro atoms. The topological polar surface area (TPSA) is 55.8 Å². The van der Waals surface area contributed by atoms with Crippen molar-refractivity contribution in [1.29, 1.82) is 0 Å². The third kappa shape index (κ3) is 2.82. The molecule has 0 N–H and O–H groups in total. The van der Waals surface area contributed by atoms with Gasteiger partial charge in [-0.25, -0.2) is 0 Å². The average Bonchev–Trinajstić information content (AvgIpc) is 2.42. The van der Waals surface area contributed by atoms with Crippen LogP contribution in [0.3, 0.4) is 0 Å². The van der Waals surface area contributed by atoms with E-state index < -0.39 is 23.2 Å². The van der Waals surface area contributed by atoms with E-state index in [2.05, 4.69) is 4.74 Å². The number of hydrogen-bond donors (Lipinski definition) is 0. The van der Waals surface area contributed by atoms with Gasteiger partial charge in [0.2, 0.25) is 0 Å². The van der Waals surface area contributed by atoms with Gasteiger partial charge in [0.05, 0.1) is 6.61 Å². The maximum absolute atomic E-state index is 11.7. The summed E-state index contributed by atoms with van der Waals surface area (Å²) >= 11 is 5.64. The maximum Gasteiger partial charge on any atom is 0.304 e. The summed E-state index contributed by atoms with van der Waals surface area (Å²) in [5.41, 5.74) is -1.96. The Kier molecular flexibility index (Phi) is 3.57. The summed E-state index contributed by atoms with van der Waals surface area (Å²) in [5, 5.41) is 0. The third-order valence-corrected chi connectivity index (χ3v) is 2.43. The summed E-state index contributed by atoms with van der Waals surface area (Å²) in [6, 6.07) is 0. The number of amides is 1. The van der Waals surface area contributed by atoms with Crippen LogP contribution >= 0.6 is 11.6 Å². The van der Waals surface area contributed by atoms with Crippen molar-refractivity contribution >= 4 is 23.5 Å². The molecule has 0 bridgehead atoms. The minimum Gasteiger partial charge on any atom is -0.436 e. The van der Waals surface area contributed by atoms with E-state index >= 15 is 0 Å². The molecule has 1 aliphatic heterocycles. The molecular weight excluding hydrogens is 222 g/mol. The van der Waals surface area contributed by atoms with E-state index in [1.165, 1.54) is 11.8 Å². The molecule has 86 valence electrons. The first-order chi connectivity index (χ1) is 6.84. The molecule has 1 atom stereocenters. The van der Waals surface area contributed by atoms with Crippen LogP contribution in [0.1, 0.15) is 20.8 Å². The van der Waals surface area contributed by atoms with Gasteiger partial charge in [0.25, 0.3) is 11.5 Å². The number of hydrogen-bond acceptors (Lipinski definition) is 4. The summed E-state index contributed by atoms with van der Waals surface area (Å²) in [6.07, 6.45) is 0. The molecule has 1 amide bonds. The molecule has 15 heavy (non-hydrogen) atoms. The average molecular weight is 236 g/mol. The second-order valence-corrected chi connectivity index (χ2v) is 4.11. The van der Waals surface area contributed by atoms with Crippen molar-refractivity contribution in [2.45, 2.75) is 32.1 Å². The Morgan fingerprint density at radius 2 is 2.13 bits per heavy atom. The van der Waals surface area contributed by atoms with Crippen molar-refractivity contribution in [1.82, 2.24) is 4.90 Å². The van der Waals surface area contributed by atoms with E-state index in [4.69, 9.17) is 16.3 Å². The van der Waals surface area contributed by atoms with Crippen LogP contribution in [-0.4, -0.2) is 41.2 Å². The van der Waals surface area contributed by atoms with Crippen LogP contribution in [0.2, 0.25) is 0 Å². The highest BCUT2D eigenvalue weighted by Gasteiger charge is 2.39. The lowest BCUT2D eigenvalue weighted by Crippen LogP contribution is -2.47. The van der Waals surface area contributed by atoms with E-state index in [0.29, 0.717) is 13.2 Å². The predicted octanol–water partition coefficient (Wildman–Crippen LogP) is 0.709. The highest BCUT2D eigenvalue weighted by atomic mass is 35.5. The molecule has 0 aromatic heterocycles. The van der Waals surface area contributed by atoms with E-state index in [-0.39, 0.29) is 0 Å². The zero-order valence-corrected chi connectivity index (χ0v) is 9.71. The fourth-order valence-electron chi connectivity index (χ4n) is 1.43. The summed E-state index contributed by atoms with van der Waals surface area (Å²) in [6.45, 7) is 5.64. The van der Waals surface area contributed by atoms with Gasteiger partial charge in [-0.05, 0) is 13.8 Å². The normalized spacial score (nSPS) is 21.2. The lowest BCUT2D eigenvalue weighted by atomic mass is 10.2. The van der Waals surface area contributed by atoms with Gasteiger partial charge in [-0.15, -0.1) is 0 Å². The van der Waals surface area contributed by atoms with E-state index in [0.717, 1.165) is 0 Å². The third-order valence-electron chi connectivity index (χ3n) is 2.15. The molecule has 0 aliphatic carbocycles. The van der Waals surface area contributed by atoms with Gasteiger partial charge in [-0.2, -0.15) is 0 Å². The zero-order chi connectivity index (χ0) is 11.6. The minimum absolute atomic E-state index is 0.450. The van der Waals surface area contributed by atoms with Crippen LogP contribution < -0.4 is 0 Å². The molecule has 0 radical (unpaired) electrons. The molecule has 1 saturated heterocycles. The first-order valence-electron chi connectivity index (χ1n) is 4.61. The van der Waals surface area contributed by atoms with Gasteiger partial charge in [-0.1, -0.05) is 11.6 Å². The van der Waals surface area contributed by atoms with E-state index in [1.54, 1.807) is 13.8 Å². The van der Waals surface area contributed by atoms with E-state index in [1.807, 2.05) is 0 Å². The number of nitrogens with zero attached hydrogens (tertiary/aromatic N) is 1. The first kappa shape index (κ1) is 12.3. The quantitative estimate of drug-likeness (QED) is 0.523. The van der Waals surface area contributed by atoms with Crippen molar-refractivity contribution < 1.29 is 19.1 Å². The lowest BCUT2D eigenvalue weighted by Gasteiger charge is -2.30. The van der Waals surface area contributed by atoms with Gasteiger partial charge < -0.3 is 14.4 Å². The van der Waals surface area contributed by atoms with Crippen LogP contribution in [0.4, 0.5) is 0 Å². The van der Waals surface area contributed by atoms with Gasteiger partial charge in [-0.3, -0.25) is 9.59 Å². The Morgan fingerprint density at radius 1 is 1.53 bits per heavy atom. The number of rotatable bonds is 2. The number of alkyl halides is 1. The van der Waals surface area contributed by atoms with Crippen molar-refractivity contribution in [2.24, 2.45) is 0 Å². The van der Waals surface area contributed by atoms with Crippen molar-refractivity contribution in [2.75, 3.05) is 13.2 Å². The Morgan fingerprint density at radius 3 is 2.53 bits per heavy atom. The van der Waals surface area contributed by atoms with Crippen molar-refractivity contribution in [3.63, 3.8) is 0 Å². The molecule has 6 heteroatoms. The van der Waals surface area contributed by atoms with Gasteiger partial charge in [0, 0.05) is 13.5 Å². The number of halogens is 1. The molecule has 1 rings (SSSR count). The minimum atomic E-state index is -1.27. The molecule has 1 unspecified atom stereocenters. The lowest BCUT2D eigenvalue weighted by molar-refractivity contribution is -0.160. The molecule has 0 aromatic carbocycles. The number of ether oxygens (including phenoxy) is 2. The van der Waals surface area contributed by atoms with Crippen molar-refractivity contribution in [3.8, 4) is 0 Å². The highest BCUT2D eigenvalue weighted by Crippen LogP contribution is 2.24. The Labute approximate surface area is 93.3 Å². The van der Waals surface area contributed by atoms with Crippen molar-refractivity contribution in [3.05, 3.63) is 0 Å². The second-order valence-electron chi connectivity index (χ2n) is 3.71. The zero-order valence-electron chi connectivity index (χ0n) is 8.95. The van der Waals surface area contributed by atoms with Gasteiger partial charge >= 0.3 is 5.97 Å². The fraction of sp³-hybridized carbons (Fsp3) is 0.778. The smallest absolute Gasteiger partial charge is 0.304 e. The van der Waals surface area contributed by atoms with Crippen LogP contribution in [0, 0.1) is 0 Å². The van der Waals surface area contributed by atoms with E-state index in [9.17, 15) is 9.59 Å². The predicted molar refractivity (Wildman–Crippen MR) is 53.2 cm³/mol. The van der Waals surface area contributed by atoms with Crippen LogP contribution in [0.25, 0.3) is 0 Å². The molecule has 1 fully saturated rings. The SMILES string of the molecule is CC(=O)OC(Cl)C(=O)N1CCOC1(C)C.